The molecule has 16 heavy (non-hydrogen) atoms. The highest BCUT2D eigenvalue weighted by molar-refractivity contribution is 8.01. The number of nitrogens with zero attached hydrogens (tertiary/aromatic N) is 2. The van der Waals surface area contributed by atoms with Gasteiger partial charge in [-0.2, -0.15) is 5.26 Å². The average Bonchev–Trinajstić information content (AvgIpc) is 2.78. The van der Waals surface area contributed by atoms with E-state index >= 15 is 0 Å². The van der Waals surface area contributed by atoms with Crippen molar-refractivity contribution in [1.82, 2.24) is 4.90 Å². The summed E-state index contributed by atoms with van der Waals surface area (Å²) in [5.74, 6) is 0.912. The smallest absolute Gasteiger partial charge is 0.223 e. The Labute approximate surface area is 104 Å². The first-order chi connectivity index (χ1) is 7.74. The van der Waals surface area contributed by atoms with E-state index in [4.69, 9.17) is 5.26 Å². The Bertz CT molecular complexity index is 357. The van der Waals surface area contributed by atoms with E-state index in [1.54, 1.807) is 35.0 Å². The number of hydrogen-bond donors (Lipinski definition) is 0. The SMILES string of the molecule is CN(CCC#N)C(=O)CCSc1cccs1. The average molecular weight is 254 g/mol. The van der Waals surface area contributed by atoms with Crippen LogP contribution >= 0.6 is 23.1 Å². The van der Waals surface area contributed by atoms with Crippen molar-refractivity contribution in [2.24, 2.45) is 0 Å². The summed E-state index contributed by atoms with van der Waals surface area (Å²) < 4.78 is 1.24. The Morgan fingerprint density at radius 1 is 1.69 bits per heavy atom. The fourth-order valence-electron chi connectivity index (χ4n) is 1.12. The van der Waals surface area contributed by atoms with E-state index in [1.807, 2.05) is 17.5 Å². The maximum atomic E-state index is 11.6. The van der Waals surface area contributed by atoms with Crippen molar-refractivity contribution >= 4 is 29.0 Å². The molecule has 0 saturated heterocycles. The number of thiophene rings is 1. The van der Waals surface area contributed by atoms with Gasteiger partial charge < -0.3 is 4.90 Å². The summed E-state index contributed by atoms with van der Waals surface area (Å²) in [6.07, 6.45) is 0.935. The third-order valence-electron chi connectivity index (χ3n) is 2.04. The first-order valence-corrected chi connectivity index (χ1v) is 6.88. The first kappa shape index (κ1) is 13.1. The molecule has 0 aliphatic heterocycles. The highest BCUT2D eigenvalue weighted by atomic mass is 32.2. The van der Waals surface area contributed by atoms with Crippen LogP contribution in [0.3, 0.4) is 0 Å². The molecule has 0 atom stereocenters. The Balaban J connectivity index is 2.17. The van der Waals surface area contributed by atoms with E-state index < -0.39 is 0 Å². The number of hydrogen-bond acceptors (Lipinski definition) is 4. The zero-order chi connectivity index (χ0) is 11.8. The van der Waals surface area contributed by atoms with Gasteiger partial charge >= 0.3 is 0 Å². The van der Waals surface area contributed by atoms with E-state index in [1.165, 1.54) is 4.21 Å². The highest BCUT2D eigenvalue weighted by Gasteiger charge is 2.07. The van der Waals surface area contributed by atoms with Crippen molar-refractivity contribution in [3.63, 3.8) is 0 Å². The van der Waals surface area contributed by atoms with Crippen LogP contribution in [-0.4, -0.2) is 30.2 Å². The summed E-state index contributed by atoms with van der Waals surface area (Å²) in [6.45, 7) is 0.527. The van der Waals surface area contributed by atoms with Gasteiger partial charge in [-0.25, -0.2) is 0 Å². The van der Waals surface area contributed by atoms with Crippen molar-refractivity contribution in [2.45, 2.75) is 17.1 Å². The summed E-state index contributed by atoms with van der Waals surface area (Å²) >= 11 is 3.39. The van der Waals surface area contributed by atoms with E-state index in [2.05, 4.69) is 6.07 Å². The molecule has 0 N–H and O–H groups in total. The molecule has 0 bridgehead atoms. The summed E-state index contributed by atoms with van der Waals surface area (Å²) in [7, 11) is 1.75. The lowest BCUT2D eigenvalue weighted by Gasteiger charge is -2.14. The molecule has 0 saturated carbocycles. The normalized spacial score (nSPS) is 9.75. The molecule has 0 unspecified atom stereocenters. The van der Waals surface area contributed by atoms with E-state index in [9.17, 15) is 4.79 Å². The summed E-state index contributed by atoms with van der Waals surface area (Å²) in [5, 5.41) is 10.4. The van der Waals surface area contributed by atoms with Crippen LogP contribution in [0.1, 0.15) is 12.8 Å². The van der Waals surface area contributed by atoms with Crippen molar-refractivity contribution in [3.05, 3.63) is 17.5 Å². The molecule has 1 aromatic rings. The summed E-state index contributed by atoms with van der Waals surface area (Å²) in [4.78, 5) is 13.2. The number of carbonyl (C=O) groups excluding carboxylic acids is 1. The van der Waals surface area contributed by atoms with Gasteiger partial charge in [-0.15, -0.1) is 23.1 Å². The van der Waals surface area contributed by atoms with Gasteiger partial charge in [0, 0.05) is 25.8 Å². The molecule has 5 heteroatoms. The fourth-order valence-corrected chi connectivity index (χ4v) is 2.91. The number of amides is 1. The van der Waals surface area contributed by atoms with Gasteiger partial charge in [0.25, 0.3) is 0 Å². The largest absolute Gasteiger partial charge is 0.345 e. The van der Waals surface area contributed by atoms with Crippen molar-refractivity contribution in [3.8, 4) is 6.07 Å². The number of thioether (sulfide) groups is 1. The Kier molecular flexibility index (Phi) is 5.98. The lowest BCUT2D eigenvalue weighted by Crippen LogP contribution is -2.27. The minimum Gasteiger partial charge on any atom is -0.345 e. The lowest BCUT2D eigenvalue weighted by atomic mass is 10.3. The van der Waals surface area contributed by atoms with Gasteiger partial charge in [-0.3, -0.25) is 4.79 Å². The third kappa shape index (κ3) is 4.69. The molecular formula is C11H14N2OS2. The second kappa shape index (κ2) is 7.31. The topological polar surface area (TPSA) is 44.1 Å². The zero-order valence-electron chi connectivity index (χ0n) is 9.18. The molecule has 0 spiro atoms. The summed E-state index contributed by atoms with van der Waals surface area (Å²) in [5.41, 5.74) is 0. The number of rotatable bonds is 6. The standard InChI is InChI=1S/C11H14N2OS2/c1-13(7-3-6-12)10(14)5-9-16-11-4-2-8-15-11/h2,4,8H,3,5,7,9H2,1H3. The second-order valence-corrected chi connectivity index (χ2v) is 5.60. The van der Waals surface area contributed by atoms with Gasteiger partial charge in [-0.1, -0.05) is 6.07 Å². The molecular weight excluding hydrogens is 240 g/mol. The van der Waals surface area contributed by atoms with Gasteiger partial charge in [0.15, 0.2) is 0 Å². The molecule has 1 heterocycles. The third-order valence-corrected chi connectivity index (χ3v) is 4.17. The van der Waals surface area contributed by atoms with E-state index in [0.717, 1.165) is 5.75 Å². The Morgan fingerprint density at radius 3 is 3.12 bits per heavy atom. The monoisotopic (exact) mass is 254 g/mol. The van der Waals surface area contributed by atoms with E-state index in [-0.39, 0.29) is 5.91 Å². The fraction of sp³-hybridized carbons (Fsp3) is 0.455. The Hall–Kier alpha value is -0.990. The van der Waals surface area contributed by atoms with Crippen molar-refractivity contribution in [2.75, 3.05) is 19.3 Å². The highest BCUT2D eigenvalue weighted by Crippen LogP contribution is 2.23. The van der Waals surface area contributed by atoms with E-state index in [0.29, 0.717) is 19.4 Å². The molecule has 0 aromatic carbocycles. The number of nitriles is 1. The molecule has 3 nitrogen and oxygen atoms in total. The first-order valence-electron chi connectivity index (χ1n) is 5.01. The van der Waals surface area contributed by atoms with Gasteiger partial charge in [-0.05, 0) is 11.4 Å². The quantitative estimate of drug-likeness (QED) is 0.733. The maximum Gasteiger partial charge on any atom is 0.223 e. The predicted octanol–water partition coefficient (Wildman–Crippen LogP) is 2.60. The second-order valence-electron chi connectivity index (χ2n) is 3.25. The minimum atomic E-state index is 0.110. The molecule has 1 rings (SSSR count). The molecule has 0 aliphatic rings. The molecule has 1 aromatic heterocycles. The van der Waals surface area contributed by atoms with Crippen LogP contribution in [0.2, 0.25) is 0 Å². The van der Waals surface area contributed by atoms with Gasteiger partial charge in [0.05, 0.1) is 16.7 Å². The molecule has 0 aliphatic carbocycles. The van der Waals surface area contributed by atoms with Crippen LogP contribution in [-0.2, 0) is 4.79 Å². The predicted molar refractivity (Wildman–Crippen MR) is 67.5 cm³/mol. The molecule has 86 valence electrons. The van der Waals surface area contributed by atoms with Crippen LogP contribution in [0.25, 0.3) is 0 Å². The van der Waals surface area contributed by atoms with Gasteiger partial charge in [0.1, 0.15) is 0 Å². The zero-order valence-corrected chi connectivity index (χ0v) is 10.8. The van der Waals surface area contributed by atoms with Crippen LogP contribution in [0.5, 0.6) is 0 Å². The summed E-state index contributed by atoms with van der Waals surface area (Å²) in [6, 6.07) is 6.10. The van der Waals surface area contributed by atoms with Crippen LogP contribution in [0.4, 0.5) is 0 Å². The van der Waals surface area contributed by atoms with Crippen LogP contribution in [0, 0.1) is 11.3 Å². The lowest BCUT2D eigenvalue weighted by molar-refractivity contribution is -0.129. The molecule has 1 amide bonds. The van der Waals surface area contributed by atoms with Crippen molar-refractivity contribution in [1.29, 1.82) is 5.26 Å². The minimum absolute atomic E-state index is 0.110. The van der Waals surface area contributed by atoms with Crippen LogP contribution in [0.15, 0.2) is 21.7 Å². The van der Waals surface area contributed by atoms with Crippen molar-refractivity contribution < 1.29 is 4.79 Å². The maximum absolute atomic E-state index is 11.6. The molecule has 0 fully saturated rings. The Morgan fingerprint density at radius 2 is 2.50 bits per heavy atom. The molecule has 0 radical (unpaired) electrons. The number of carbonyl (C=O) groups is 1. The van der Waals surface area contributed by atoms with Gasteiger partial charge in [0.2, 0.25) is 5.91 Å². The van der Waals surface area contributed by atoms with Crippen LogP contribution < -0.4 is 0 Å².